The molecule has 0 aromatic carbocycles. The van der Waals surface area contributed by atoms with Crippen LogP contribution in [0.4, 0.5) is 24.8 Å². The molecule has 2 N–H and O–H groups in total. The zero-order chi connectivity index (χ0) is 20.4. The molecule has 13 heteroatoms. The first kappa shape index (κ1) is 18.5. The Balaban J connectivity index is 1.55. The van der Waals surface area contributed by atoms with Gasteiger partial charge in [-0.3, -0.25) is 4.68 Å². The zero-order valence-electron chi connectivity index (χ0n) is 14.7. The van der Waals surface area contributed by atoms with Gasteiger partial charge in [-0.1, -0.05) is 0 Å². The first-order valence-electron chi connectivity index (χ1n) is 8.28. The van der Waals surface area contributed by atoms with Crippen LogP contribution in [0.5, 0.6) is 0 Å². The van der Waals surface area contributed by atoms with Crippen LogP contribution in [-0.4, -0.2) is 40.5 Å². The molecule has 0 bridgehead atoms. The summed E-state index contributed by atoms with van der Waals surface area (Å²) in [4.78, 5) is 12.5. The Morgan fingerprint density at radius 3 is 2.83 bits per heavy atom. The molecule has 0 spiro atoms. The van der Waals surface area contributed by atoms with E-state index in [2.05, 4.69) is 35.6 Å². The van der Waals surface area contributed by atoms with Crippen LogP contribution in [-0.2, 0) is 13.1 Å². The molecular weight excluding hydrogens is 389 g/mol. The minimum absolute atomic E-state index is 0.0418. The lowest BCUT2D eigenvalue weighted by atomic mass is 10.2. The summed E-state index contributed by atoms with van der Waals surface area (Å²) in [6.45, 7) is -0.934. The number of fused-ring (bicyclic) bond motifs is 1. The highest BCUT2D eigenvalue weighted by atomic mass is 19.4. The highest BCUT2D eigenvalue weighted by Gasteiger charge is 2.28. The average molecular weight is 402 g/mol. The van der Waals surface area contributed by atoms with E-state index in [-0.39, 0.29) is 18.2 Å². The number of imidazole rings is 1. The normalized spacial score (nSPS) is 11.7. The fourth-order valence-electron chi connectivity index (χ4n) is 2.61. The summed E-state index contributed by atoms with van der Waals surface area (Å²) >= 11 is 0. The van der Waals surface area contributed by atoms with Crippen LogP contribution in [0.1, 0.15) is 5.69 Å². The first-order valence-corrected chi connectivity index (χ1v) is 8.28. The van der Waals surface area contributed by atoms with Gasteiger partial charge in [0.05, 0.1) is 30.3 Å². The molecule has 4 rings (SSSR count). The van der Waals surface area contributed by atoms with Gasteiger partial charge in [0.25, 0.3) is 0 Å². The third-order valence-electron chi connectivity index (χ3n) is 3.88. The second-order valence-electron chi connectivity index (χ2n) is 5.99. The SMILES string of the molecule is N=Nc1ncc(-c2cnn(CC(F)(F)F)c2)nc1NCc1ccc2nccn2n1. The lowest BCUT2D eigenvalue weighted by molar-refractivity contribution is -0.142. The maximum absolute atomic E-state index is 12.5. The molecule has 0 amide bonds. The molecule has 0 saturated heterocycles. The summed E-state index contributed by atoms with van der Waals surface area (Å²) in [5, 5.41) is 14.4. The summed E-state index contributed by atoms with van der Waals surface area (Å²) in [6.07, 6.45) is 2.79. The van der Waals surface area contributed by atoms with Gasteiger partial charge >= 0.3 is 6.18 Å². The molecule has 0 aliphatic heterocycles. The van der Waals surface area contributed by atoms with Crippen molar-refractivity contribution in [1.29, 1.82) is 5.53 Å². The van der Waals surface area contributed by atoms with Gasteiger partial charge in [0.1, 0.15) is 6.54 Å². The van der Waals surface area contributed by atoms with Gasteiger partial charge in [0.15, 0.2) is 11.5 Å². The third-order valence-corrected chi connectivity index (χ3v) is 3.88. The van der Waals surface area contributed by atoms with E-state index < -0.39 is 12.7 Å². The molecule has 0 aliphatic rings. The van der Waals surface area contributed by atoms with Crippen LogP contribution in [0, 0.1) is 5.53 Å². The molecule has 4 aromatic rings. The van der Waals surface area contributed by atoms with E-state index in [0.717, 1.165) is 4.68 Å². The van der Waals surface area contributed by atoms with Crippen LogP contribution in [0.2, 0.25) is 0 Å². The molecule has 4 heterocycles. The van der Waals surface area contributed by atoms with Crippen molar-refractivity contribution in [3.63, 3.8) is 0 Å². The minimum atomic E-state index is -4.38. The summed E-state index contributed by atoms with van der Waals surface area (Å²) in [6, 6.07) is 3.59. The third kappa shape index (κ3) is 4.17. The molecule has 0 unspecified atom stereocenters. The maximum atomic E-state index is 12.5. The molecule has 0 aliphatic carbocycles. The summed E-state index contributed by atoms with van der Waals surface area (Å²) in [5.74, 6) is 0.244. The number of nitrogens with zero attached hydrogens (tertiary/aromatic N) is 8. The number of anilines is 1. The van der Waals surface area contributed by atoms with E-state index in [9.17, 15) is 13.2 Å². The molecule has 0 radical (unpaired) electrons. The number of nitrogens with one attached hydrogen (secondary N) is 2. The molecule has 29 heavy (non-hydrogen) atoms. The highest BCUT2D eigenvalue weighted by molar-refractivity contribution is 5.63. The van der Waals surface area contributed by atoms with Crippen molar-refractivity contribution in [2.24, 2.45) is 5.11 Å². The Labute approximate surface area is 160 Å². The predicted octanol–water partition coefficient (Wildman–Crippen LogP) is 3.22. The Kier molecular flexibility index (Phi) is 4.62. The van der Waals surface area contributed by atoms with Crippen molar-refractivity contribution in [3.05, 3.63) is 48.8 Å². The number of hydrogen-bond donors (Lipinski definition) is 2. The number of alkyl halides is 3. The second-order valence-corrected chi connectivity index (χ2v) is 5.99. The zero-order valence-corrected chi connectivity index (χ0v) is 14.7. The van der Waals surface area contributed by atoms with Crippen molar-refractivity contribution in [1.82, 2.24) is 34.3 Å². The van der Waals surface area contributed by atoms with Crippen LogP contribution in [0.3, 0.4) is 0 Å². The Hall–Kier alpha value is -3.90. The Morgan fingerprint density at radius 2 is 2.03 bits per heavy atom. The number of halogens is 3. The Morgan fingerprint density at radius 1 is 1.17 bits per heavy atom. The average Bonchev–Trinajstić information content (AvgIpc) is 3.33. The van der Waals surface area contributed by atoms with E-state index in [0.29, 0.717) is 22.6 Å². The van der Waals surface area contributed by atoms with Crippen LogP contribution in [0.15, 0.2) is 48.2 Å². The molecule has 0 fully saturated rings. The quantitative estimate of drug-likeness (QED) is 0.478. The fraction of sp³-hybridized carbons (Fsp3) is 0.188. The predicted molar refractivity (Wildman–Crippen MR) is 94.4 cm³/mol. The molecule has 10 nitrogen and oxygen atoms in total. The van der Waals surface area contributed by atoms with Crippen molar-refractivity contribution < 1.29 is 13.2 Å². The van der Waals surface area contributed by atoms with Crippen LogP contribution >= 0.6 is 0 Å². The van der Waals surface area contributed by atoms with E-state index in [1.165, 1.54) is 18.6 Å². The largest absolute Gasteiger partial charge is 0.408 e. The van der Waals surface area contributed by atoms with Crippen molar-refractivity contribution in [2.45, 2.75) is 19.3 Å². The summed E-state index contributed by atoms with van der Waals surface area (Å²) in [5.41, 5.74) is 9.28. The van der Waals surface area contributed by atoms with E-state index in [4.69, 9.17) is 5.53 Å². The van der Waals surface area contributed by atoms with Gasteiger partial charge in [-0.25, -0.2) is 25.0 Å². The molecule has 0 saturated carbocycles. The number of rotatable bonds is 6. The van der Waals surface area contributed by atoms with Gasteiger partial charge < -0.3 is 5.32 Å². The smallest absolute Gasteiger partial charge is 0.361 e. The maximum Gasteiger partial charge on any atom is 0.408 e. The Bertz CT molecular complexity index is 1160. The first-order chi connectivity index (χ1) is 13.9. The van der Waals surface area contributed by atoms with Gasteiger partial charge in [0, 0.05) is 24.2 Å². The van der Waals surface area contributed by atoms with E-state index in [1.54, 1.807) is 29.0 Å². The monoisotopic (exact) mass is 402 g/mol. The highest BCUT2D eigenvalue weighted by Crippen LogP contribution is 2.25. The molecule has 4 aromatic heterocycles. The topological polar surface area (TPSA) is 122 Å². The second kappa shape index (κ2) is 7.26. The van der Waals surface area contributed by atoms with Gasteiger partial charge in [-0.05, 0) is 12.1 Å². The number of aromatic nitrogens is 7. The van der Waals surface area contributed by atoms with Gasteiger partial charge in [-0.15, -0.1) is 5.11 Å². The standard InChI is InChI=1S/C16H13F3N10/c17-16(18,19)9-28-8-10(5-24-28)12-7-23-15(26-20)14(25-12)22-6-11-1-2-13-21-3-4-29(13)27-11/h1-5,7-8,20H,6,9H2,(H,22,25). The van der Waals surface area contributed by atoms with E-state index in [1.807, 2.05) is 0 Å². The van der Waals surface area contributed by atoms with Gasteiger partial charge in [-0.2, -0.15) is 23.4 Å². The summed E-state index contributed by atoms with van der Waals surface area (Å²) in [7, 11) is 0. The van der Waals surface area contributed by atoms with E-state index >= 15 is 0 Å². The molecule has 0 atom stereocenters. The van der Waals surface area contributed by atoms with Crippen molar-refractivity contribution >= 4 is 17.3 Å². The molecular formula is C16H13F3N10. The van der Waals surface area contributed by atoms with Crippen LogP contribution < -0.4 is 5.32 Å². The van der Waals surface area contributed by atoms with Crippen molar-refractivity contribution in [2.75, 3.05) is 5.32 Å². The minimum Gasteiger partial charge on any atom is -0.361 e. The van der Waals surface area contributed by atoms with Crippen LogP contribution in [0.25, 0.3) is 16.9 Å². The van der Waals surface area contributed by atoms with Gasteiger partial charge in [0.2, 0.25) is 5.82 Å². The lowest BCUT2D eigenvalue weighted by Crippen LogP contribution is -2.17. The lowest BCUT2D eigenvalue weighted by Gasteiger charge is -2.08. The molecule has 148 valence electrons. The summed E-state index contributed by atoms with van der Waals surface area (Å²) < 4.78 is 39.9. The number of hydrogen-bond acceptors (Lipinski definition) is 8. The fourth-order valence-corrected chi connectivity index (χ4v) is 2.61. The van der Waals surface area contributed by atoms with Crippen molar-refractivity contribution in [3.8, 4) is 11.3 Å².